The molecule has 0 amide bonds. The van der Waals surface area contributed by atoms with Gasteiger partial charge in [-0.25, -0.2) is 17.8 Å². The van der Waals surface area contributed by atoms with E-state index in [0.717, 1.165) is 12.3 Å². The number of hydrogen-bond donors (Lipinski definition) is 2. The Hall–Kier alpha value is -2.35. The molecule has 0 spiro atoms. The maximum Gasteiger partial charge on any atom is 0.266 e. The van der Waals surface area contributed by atoms with E-state index in [1.165, 1.54) is 31.4 Å². The van der Waals surface area contributed by atoms with Gasteiger partial charge in [0.05, 0.1) is 13.3 Å². The van der Waals surface area contributed by atoms with E-state index in [1.54, 1.807) is 0 Å². The van der Waals surface area contributed by atoms with E-state index in [-0.39, 0.29) is 22.2 Å². The molecule has 1 heterocycles. The minimum Gasteiger partial charge on any atom is -0.495 e. The molecule has 0 aliphatic carbocycles. The number of nitrogen functional groups attached to an aromatic ring is 1. The van der Waals surface area contributed by atoms with Crippen LogP contribution in [0.4, 0.5) is 15.9 Å². The first-order chi connectivity index (χ1) is 9.42. The predicted octanol–water partition coefficient (Wildman–Crippen LogP) is 1.61. The highest BCUT2D eigenvalue weighted by Crippen LogP contribution is 2.27. The molecule has 0 saturated heterocycles. The van der Waals surface area contributed by atoms with Crippen molar-refractivity contribution in [3.63, 3.8) is 0 Å². The van der Waals surface area contributed by atoms with Crippen molar-refractivity contribution in [1.82, 2.24) is 4.98 Å². The quantitative estimate of drug-likeness (QED) is 0.836. The summed E-state index contributed by atoms with van der Waals surface area (Å²) in [5.74, 6) is -0.417. The summed E-state index contributed by atoms with van der Waals surface area (Å²) in [5, 5.41) is 0. The summed E-state index contributed by atoms with van der Waals surface area (Å²) < 4.78 is 44.4. The number of rotatable bonds is 4. The Morgan fingerprint density at radius 3 is 2.65 bits per heavy atom. The zero-order chi connectivity index (χ0) is 14.8. The van der Waals surface area contributed by atoms with Crippen molar-refractivity contribution in [3.05, 3.63) is 42.3 Å². The van der Waals surface area contributed by atoms with E-state index < -0.39 is 15.8 Å². The predicted molar refractivity (Wildman–Crippen MR) is 72.4 cm³/mol. The lowest BCUT2D eigenvalue weighted by Gasteiger charge is -2.11. The first-order valence-electron chi connectivity index (χ1n) is 5.50. The third kappa shape index (κ3) is 2.97. The fourth-order valence-corrected chi connectivity index (χ4v) is 2.75. The van der Waals surface area contributed by atoms with Crippen LogP contribution in [0.1, 0.15) is 0 Å². The Bertz CT molecular complexity index is 717. The maximum atomic E-state index is 12.7. The number of nitrogens with zero attached hydrogens (tertiary/aromatic N) is 1. The molecule has 3 N–H and O–H groups in total. The second-order valence-corrected chi connectivity index (χ2v) is 5.53. The molecule has 1 aromatic heterocycles. The Labute approximate surface area is 115 Å². The second kappa shape index (κ2) is 5.33. The van der Waals surface area contributed by atoms with Crippen LogP contribution >= 0.6 is 0 Å². The second-order valence-electron chi connectivity index (χ2n) is 3.88. The van der Waals surface area contributed by atoms with Gasteiger partial charge < -0.3 is 10.5 Å². The zero-order valence-electron chi connectivity index (χ0n) is 10.5. The van der Waals surface area contributed by atoms with Crippen LogP contribution in [0.25, 0.3) is 0 Å². The summed E-state index contributed by atoms with van der Waals surface area (Å²) in [6.07, 6.45) is 0.911. The number of methoxy groups -OCH3 is 1. The van der Waals surface area contributed by atoms with Gasteiger partial charge in [-0.2, -0.15) is 0 Å². The van der Waals surface area contributed by atoms with Crippen LogP contribution in [0, 0.1) is 5.82 Å². The van der Waals surface area contributed by atoms with Gasteiger partial charge in [0.2, 0.25) is 0 Å². The molecule has 2 aromatic rings. The molecule has 2 rings (SSSR count). The first-order valence-corrected chi connectivity index (χ1v) is 6.98. The third-order valence-corrected chi connectivity index (χ3v) is 3.82. The molecule has 8 heteroatoms. The molecule has 1 aromatic carbocycles. The topological polar surface area (TPSA) is 94.3 Å². The van der Waals surface area contributed by atoms with Crippen molar-refractivity contribution >= 4 is 21.5 Å². The highest BCUT2D eigenvalue weighted by Gasteiger charge is 2.20. The number of aromatic nitrogens is 1. The Morgan fingerprint density at radius 1 is 1.30 bits per heavy atom. The monoisotopic (exact) mass is 297 g/mol. The van der Waals surface area contributed by atoms with Crippen LogP contribution in [0.3, 0.4) is 0 Å². The molecule has 20 heavy (non-hydrogen) atoms. The first kappa shape index (κ1) is 14.1. The molecule has 0 atom stereocenters. The average Bonchev–Trinajstić information content (AvgIpc) is 2.41. The molecule has 6 nitrogen and oxygen atoms in total. The van der Waals surface area contributed by atoms with Crippen molar-refractivity contribution in [3.8, 4) is 5.75 Å². The van der Waals surface area contributed by atoms with Crippen LogP contribution in [-0.4, -0.2) is 20.5 Å². The number of nitrogens with one attached hydrogen (secondary N) is 1. The van der Waals surface area contributed by atoms with Crippen molar-refractivity contribution in [2.24, 2.45) is 0 Å². The van der Waals surface area contributed by atoms with E-state index in [2.05, 4.69) is 9.71 Å². The lowest BCUT2D eigenvalue weighted by Crippen LogP contribution is -2.15. The Balaban J connectivity index is 2.40. The van der Waals surface area contributed by atoms with E-state index in [1.807, 2.05) is 0 Å². The van der Waals surface area contributed by atoms with E-state index in [9.17, 15) is 12.8 Å². The number of halogens is 1. The highest BCUT2D eigenvalue weighted by atomic mass is 32.2. The van der Waals surface area contributed by atoms with Crippen molar-refractivity contribution < 1.29 is 17.5 Å². The van der Waals surface area contributed by atoms with Gasteiger partial charge in [0.15, 0.2) is 0 Å². The Kier molecular flexibility index (Phi) is 3.75. The summed E-state index contributed by atoms with van der Waals surface area (Å²) in [5.41, 5.74) is 5.86. The summed E-state index contributed by atoms with van der Waals surface area (Å²) in [7, 11) is -2.58. The minimum absolute atomic E-state index is 0.00382. The van der Waals surface area contributed by atoms with Crippen LogP contribution in [0.5, 0.6) is 5.75 Å². The van der Waals surface area contributed by atoms with Gasteiger partial charge >= 0.3 is 0 Å². The fraction of sp³-hybridized carbons (Fsp3) is 0.0833. The van der Waals surface area contributed by atoms with Gasteiger partial charge in [-0.15, -0.1) is 0 Å². The highest BCUT2D eigenvalue weighted by molar-refractivity contribution is 7.92. The average molecular weight is 297 g/mol. The maximum absolute atomic E-state index is 12.7. The number of nitrogens with two attached hydrogens (primary N) is 1. The molecule has 0 fully saturated rings. The van der Waals surface area contributed by atoms with Crippen LogP contribution < -0.4 is 15.2 Å². The molecule has 0 aliphatic rings. The number of ether oxygens (including phenoxy) is 1. The normalized spacial score (nSPS) is 11.1. The third-order valence-electron chi connectivity index (χ3n) is 2.44. The van der Waals surface area contributed by atoms with Crippen molar-refractivity contribution in [1.29, 1.82) is 0 Å². The van der Waals surface area contributed by atoms with Crippen LogP contribution in [0.15, 0.2) is 41.4 Å². The lowest BCUT2D eigenvalue weighted by molar-refractivity contribution is 0.403. The summed E-state index contributed by atoms with van der Waals surface area (Å²) in [6, 6.07) is 6.55. The summed E-state index contributed by atoms with van der Waals surface area (Å²) in [6.45, 7) is 0. The summed E-state index contributed by atoms with van der Waals surface area (Å²) >= 11 is 0. The van der Waals surface area contributed by atoms with Crippen molar-refractivity contribution in [2.45, 2.75) is 4.90 Å². The number of hydrogen-bond acceptors (Lipinski definition) is 5. The largest absolute Gasteiger partial charge is 0.495 e. The lowest BCUT2D eigenvalue weighted by atomic mass is 10.3. The number of sulfonamides is 1. The zero-order valence-corrected chi connectivity index (χ0v) is 11.3. The van der Waals surface area contributed by atoms with Crippen LogP contribution in [-0.2, 0) is 10.0 Å². The minimum atomic E-state index is -3.93. The van der Waals surface area contributed by atoms with Crippen LogP contribution in [0.2, 0.25) is 0 Å². The molecule has 0 saturated carbocycles. The Morgan fingerprint density at radius 2 is 2.05 bits per heavy atom. The molecule has 0 aliphatic heterocycles. The number of benzene rings is 1. The van der Waals surface area contributed by atoms with Gasteiger partial charge in [0.1, 0.15) is 22.3 Å². The molecular weight excluding hydrogens is 285 g/mol. The molecule has 106 valence electrons. The van der Waals surface area contributed by atoms with E-state index >= 15 is 0 Å². The molecular formula is C12H12FN3O3S. The smallest absolute Gasteiger partial charge is 0.266 e. The van der Waals surface area contributed by atoms with Gasteiger partial charge in [-0.1, -0.05) is 0 Å². The molecule has 0 bridgehead atoms. The van der Waals surface area contributed by atoms with Gasteiger partial charge in [-0.3, -0.25) is 4.72 Å². The molecule has 0 radical (unpaired) electrons. The number of anilines is 2. The van der Waals surface area contributed by atoms with Gasteiger partial charge in [0, 0.05) is 5.69 Å². The van der Waals surface area contributed by atoms with E-state index in [4.69, 9.17) is 10.5 Å². The van der Waals surface area contributed by atoms with Gasteiger partial charge in [-0.05, 0) is 30.3 Å². The van der Waals surface area contributed by atoms with Gasteiger partial charge in [0.25, 0.3) is 10.0 Å². The number of pyridine rings is 1. The SMILES string of the molecule is COc1ccc(N)cc1S(=O)(=O)Nc1ccc(F)cn1. The molecule has 0 unspecified atom stereocenters. The summed E-state index contributed by atoms with van der Waals surface area (Å²) in [4.78, 5) is 3.51. The standard InChI is InChI=1S/C12H12FN3O3S/c1-19-10-4-3-9(14)6-11(10)20(17,18)16-12-5-2-8(13)7-15-12/h2-7H,14H2,1H3,(H,15,16). The van der Waals surface area contributed by atoms with Crippen molar-refractivity contribution in [2.75, 3.05) is 17.6 Å². The van der Waals surface area contributed by atoms with E-state index in [0.29, 0.717) is 0 Å². The fourth-order valence-electron chi connectivity index (χ4n) is 1.53.